The van der Waals surface area contributed by atoms with E-state index in [9.17, 15) is 4.79 Å². The van der Waals surface area contributed by atoms with Crippen molar-refractivity contribution in [2.45, 2.75) is 19.4 Å². The van der Waals surface area contributed by atoms with E-state index >= 15 is 0 Å². The molecule has 1 atom stereocenters. The average molecular weight is 344 g/mol. The van der Waals surface area contributed by atoms with E-state index in [-0.39, 0.29) is 30.8 Å². The summed E-state index contributed by atoms with van der Waals surface area (Å²) in [6.45, 7) is 2.11. The van der Waals surface area contributed by atoms with Crippen molar-refractivity contribution < 1.29 is 9.53 Å². The molecule has 0 spiro atoms. The molecular formula is C15H19Cl2N3O2. The Balaban J connectivity index is 0.00000220. The van der Waals surface area contributed by atoms with Gasteiger partial charge in [-0.25, -0.2) is 9.97 Å². The van der Waals surface area contributed by atoms with Crippen molar-refractivity contribution in [1.29, 1.82) is 0 Å². The number of aromatic nitrogens is 2. The van der Waals surface area contributed by atoms with Gasteiger partial charge in [-0.05, 0) is 24.5 Å². The number of benzene rings is 1. The van der Waals surface area contributed by atoms with Gasteiger partial charge >= 0.3 is 5.97 Å². The normalized spacial score (nSPS) is 10.8. The topological polar surface area (TPSA) is 78.1 Å². The van der Waals surface area contributed by atoms with Crippen LogP contribution in [0.4, 0.5) is 0 Å². The van der Waals surface area contributed by atoms with E-state index < -0.39 is 6.04 Å². The smallest absolute Gasteiger partial charge is 0.323 e. The standard InChI is InChI=1S/C15H17N3O2.2ClH/c1-2-20-15(19)14(16)7-11-3-5-12(6-4-11)13-8-17-10-18-9-13;;/h3-6,8-10,14H,2,7,16H2,1H3;2*1H/t14-;;/m0../s1. The summed E-state index contributed by atoms with van der Waals surface area (Å²) in [5, 5.41) is 0. The molecule has 2 rings (SSSR count). The molecule has 1 heterocycles. The van der Waals surface area contributed by atoms with Crippen molar-refractivity contribution in [3.05, 3.63) is 48.5 Å². The summed E-state index contributed by atoms with van der Waals surface area (Å²) in [5.41, 5.74) is 8.76. The van der Waals surface area contributed by atoms with Crippen LogP contribution in [-0.2, 0) is 16.0 Å². The molecule has 0 bridgehead atoms. The lowest BCUT2D eigenvalue weighted by atomic mass is 10.0. The first kappa shape index (κ1) is 20.3. The zero-order valence-corrected chi connectivity index (χ0v) is 13.8. The lowest BCUT2D eigenvalue weighted by Gasteiger charge is -2.10. The fraction of sp³-hybridized carbons (Fsp3) is 0.267. The number of rotatable bonds is 5. The molecule has 0 fully saturated rings. The van der Waals surface area contributed by atoms with E-state index in [0.29, 0.717) is 13.0 Å². The van der Waals surface area contributed by atoms with Gasteiger partial charge in [0.25, 0.3) is 0 Å². The van der Waals surface area contributed by atoms with Gasteiger partial charge in [-0.1, -0.05) is 24.3 Å². The first-order chi connectivity index (χ1) is 9.70. The van der Waals surface area contributed by atoms with E-state index in [4.69, 9.17) is 10.5 Å². The number of ether oxygens (including phenoxy) is 1. The van der Waals surface area contributed by atoms with Crippen molar-refractivity contribution in [2.75, 3.05) is 6.61 Å². The number of hydrogen-bond acceptors (Lipinski definition) is 5. The third kappa shape index (κ3) is 5.60. The summed E-state index contributed by atoms with van der Waals surface area (Å²) >= 11 is 0. The number of halogens is 2. The fourth-order valence-corrected chi connectivity index (χ4v) is 1.87. The highest BCUT2D eigenvalue weighted by atomic mass is 35.5. The molecule has 0 unspecified atom stereocenters. The van der Waals surface area contributed by atoms with Crippen molar-refractivity contribution in [3.8, 4) is 11.1 Å². The third-order valence-electron chi connectivity index (χ3n) is 2.89. The monoisotopic (exact) mass is 343 g/mol. The zero-order valence-electron chi connectivity index (χ0n) is 12.1. The average Bonchev–Trinajstić information content (AvgIpc) is 2.49. The molecule has 0 saturated carbocycles. The van der Waals surface area contributed by atoms with Gasteiger partial charge < -0.3 is 10.5 Å². The van der Waals surface area contributed by atoms with Crippen LogP contribution >= 0.6 is 24.8 Å². The third-order valence-corrected chi connectivity index (χ3v) is 2.89. The number of carbonyl (C=O) groups excluding carboxylic acids is 1. The molecule has 120 valence electrons. The van der Waals surface area contributed by atoms with Gasteiger partial charge in [-0.15, -0.1) is 24.8 Å². The Bertz CT molecular complexity index is 565. The van der Waals surface area contributed by atoms with Gasteiger partial charge in [0, 0.05) is 18.0 Å². The summed E-state index contributed by atoms with van der Waals surface area (Å²) < 4.78 is 4.89. The number of esters is 1. The highest BCUT2D eigenvalue weighted by molar-refractivity contribution is 5.85. The van der Waals surface area contributed by atoms with E-state index in [1.54, 1.807) is 19.3 Å². The second-order valence-corrected chi connectivity index (χ2v) is 4.39. The Hall–Kier alpha value is -1.69. The molecule has 5 nitrogen and oxygen atoms in total. The lowest BCUT2D eigenvalue weighted by Crippen LogP contribution is -2.34. The van der Waals surface area contributed by atoms with Crippen molar-refractivity contribution in [1.82, 2.24) is 9.97 Å². The number of nitrogens with zero attached hydrogens (tertiary/aromatic N) is 2. The zero-order chi connectivity index (χ0) is 14.4. The molecular weight excluding hydrogens is 325 g/mol. The minimum absolute atomic E-state index is 0. The van der Waals surface area contributed by atoms with E-state index in [1.165, 1.54) is 6.33 Å². The van der Waals surface area contributed by atoms with Crippen molar-refractivity contribution in [3.63, 3.8) is 0 Å². The first-order valence-electron chi connectivity index (χ1n) is 6.47. The Morgan fingerprint density at radius 1 is 1.14 bits per heavy atom. The second-order valence-electron chi connectivity index (χ2n) is 4.39. The summed E-state index contributed by atoms with van der Waals surface area (Å²) in [4.78, 5) is 19.4. The number of carbonyl (C=O) groups is 1. The Morgan fingerprint density at radius 2 is 1.73 bits per heavy atom. The van der Waals surface area contributed by atoms with Gasteiger partial charge in [0.1, 0.15) is 12.4 Å². The summed E-state index contributed by atoms with van der Waals surface area (Å²) in [6.07, 6.45) is 5.47. The van der Waals surface area contributed by atoms with Crippen LogP contribution in [0.3, 0.4) is 0 Å². The molecule has 22 heavy (non-hydrogen) atoms. The molecule has 2 aromatic rings. The molecule has 0 aliphatic carbocycles. The first-order valence-corrected chi connectivity index (χ1v) is 6.47. The highest BCUT2D eigenvalue weighted by Crippen LogP contribution is 2.18. The SMILES string of the molecule is CCOC(=O)[C@@H](N)Cc1ccc(-c2cncnc2)cc1.Cl.Cl. The van der Waals surface area contributed by atoms with Crippen LogP contribution in [0, 0.1) is 0 Å². The Labute approximate surface area is 142 Å². The number of nitrogens with two attached hydrogens (primary N) is 1. The quantitative estimate of drug-likeness (QED) is 0.843. The van der Waals surface area contributed by atoms with Crippen LogP contribution in [0.1, 0.15) is 12.5 Å². The van der Waals surface area contributed by atoms with E-state index in [0.717, 1.165) is 16.7 Å². The minimum atomic E-state index is -0.624. The molecule has 0 saturated heterocycles. The Morgan fingerprint density at radius 3 is 2.27 bits per heavy atom. The maximum Gasteiger partial charge on any atom is 0.323 e. The summed E-state index contributed by atoms with van der Waals surface area (Å²) in [7, 11) is 0. The van der Waals surface area contributed by atoms with Crippen LogP contribution in [0.25, 0.3) is 11.1 Å². The summed E-state index contributed by atoms with van der Waals surface area (Å²) in [6, 6.07) is 7.20. The number of hydrogen-bond donors (Lipinski definition) is 1. The molecule has 0 aliphatic rings. The lowest BCUT2D eigenvalue weighted by molar-refractivity contribution is -0.144. The van der Waals surface area contributed by atoms with E-state index in [2.05, 4.69) is 9.97 Å². The van der Waals surface area contributed by atoms with Gasteiger partial charge in [-0.3, -0.25) is 4.79 Å². The van der Waals surface area contributed by atoms with Gasteiger partial charge in [0.2, 0.25) is 0 Å². The molecule has 1 aromatic carbocycles. The van der Waals surface area contributed by atoms with Crippen molar-refractivity contribution in [2.24, 2.45) is 5.73 Å². The van der Waals surface area contributed by atoms with Gasteiger partial charge in [0.15, 0.2) is 0 Å². The highest BCUT2D eigenvalue weighted by Gasteiger charge is 2.14. The molecule has 1 aromatic heterocycles. The predicted octanol–water partition coefficient (Wildman–Crippen LogP) is 2.42. The molecule has 0 radical (unpaired) electrons. The van der Waals surface area contributed by atoms with Gasteiger partial charge in [0.05, 0.1) is 6.61 Å². The maximum absolute atomic E-state index is 11.5. The molecule has 0 aliphatic heterocycles. The molecule has 7 heteroatoms. The summed E-state index contributed by atoms with van der Waals surface area (Å²) in [5.74, 6) is -0.368. The maximum atomic E-state index is 11.5. The van der Waals surface area contributed by atoms with Crippen LogP contribution in [0.15, 0.2) is 43.0 Å². The molecule has 0 amide bonds. The Kier molecular flexibility index (Phi) is 9.33. The fourth-order valence-electron chi connectivity index (χ4n) is 1.87. The predicted molar refractivity (Wildman–Crippen MR) is 90.3 cm³/mol. The van der Waals surface area contributed by atoms with Crippen LogP contribution in [0.2, 0.25) is 0 Å². The largest absolute Gasteiger partial charge is 0.465 e. The second kappa shape index (κ2) is 10.1. The van der Waals surface area contributed by atoms with Crippen molar-refractivity contribution >= 4 is 30.8 Å². The van der Waals surface area contributed by atoms with Crippen LogP contribution in [-0.4, -0.2) is 28.6 Å². The van der Waals surface area contributed by atoms with Crippen LogP contribution in [0.5, 0.6) is 0 Å². The van der Waals surface area contributed by atoms with Crippen LogP contribution < -0.4 is 5.73 Å². The molecule has 2 N–H and O–H groups in total. The van der Waals surface area contributed by atoms with E-state index in [1.807, 2.05) is 24.3 Å². The minimum Gasteiger partial charge on any atom is -0.465 e. The van der Waals surface area contributed by atoms with Gasteiger partial charge in [-0.2, -0.15) is 0 Å².